The van der Waals surface area contributed by atoms with Gasteiger partial charge in [-0.05, 0) is 24.1 Å². The molecule has 0 aromatic heterocycles. The molecule has 0 spiro atoms. The molecule has 0 aliphatic rings. The number of carbonyl (C=O) groups is 1. The molecule has 15 heavy (non-hydrogen) atoms. The van der Waals surface area contributed by atoms with Crippen LogP contribution in [0.4, 0.5) is 4.39 Å². The van der Waals surface area contributed by atoms with E-state index in [1.54, 1.807) is 12.1 Å². The van der Waals surface area contributed by atoms with E-state index in [2.05, 4.69) is 10.7 Å². The van der Waals surface area contributed by atoms with Gasteiger partial charge in [-0.2, -0.15) is 0 Å². The minimum absolute atomic E-state index is 0.169. The van der Waals surface area contributed by atoms with E-state index in [4.69, 9.17) is 6.42 Å². The summed E-state index contributed by atoms with van der Waals surface area (Å²) in [5, 5.41) is 0. The third-order valence-corrected chi connectivity index (χ3v) is 2.05. The van der Waals surface area contributed by atoms with Crippen molar-refractivity contribution in [3.8, 4) is 12.3 Å². The van der Waals surface area contributed by atoms with E-state index in [9.17, 15) is 9.18 Å². The molecule has 0 amide bonds. The number of benzene rings is 1. The second-order valence-electron chi connectivity index (χ2n) is 3.03. The Labute approximate surface area is 88.1 Å². The van der Waals surface area contributed by atoms with Crippen molar-refractivity contribution in [1.29, 1.82) is 0 Å². The largest absolute Gasteiger partial charge is 0.469 e. The van der Waals surface area contributed by atoms with Crippen LogP contribution in [0.5, 0.6) is 0 Å². The smallest absolute Gasteiger partial charge is 0.305 e. The summed E-state index contributed by atoms with van der Waals surface area (Å²) in [6.07, 6.45) is 5.61. The third-order valence-electron chi connectivity index (χ3n) is 2.05. The molecule has 0 bridgehead atoms. The van der Waals surface area contributed by atoms with Gasteiger partial charge in [-0.15, -0.1) is 6.42 Å². The zero-order chi connectivity index (χ0) is 11.3. The highest BCUT2D eigenvalue weighted by molar-refractivity contribution is 5.69. The molecule has 0 heterocycles. The lowest BCUT2D eigenvalue weighted by Gasteiger charge is -2.02. The molecular formula is C12H11FO2. The van der Waals surface area contributed by atoms with E-state index in [1.165, 1.54) is 13.2 Å². The van der Waals surface area contributed by atoms with Gasteiger partial charge in [-0.1, -0.05) is 12.0 Å². The molecule has 78 valence electrons. The van der Waals surface area contributed by atoms with Gasteiger partial charge in [-0.3, -0.25) is 4.79 Å². The average molecular weight is 206 g/mol. The van der Waals surface area contributed by atoms with Crippen molar-refractivity contribution in [3.05, 3.63) is 35.1 Å². The van der Waals surface area contributed by atoms with Gasteiger partial charge in [0, 0.05) is 12.0 Å². The maximum atomic E-state index is 13.3. The molecule has 0 atom stereocenters. The first-order valence-electron chi connectivity index (χ1n) is 4.49. The zero-order valence-corrected chi connectivity index (χ0v) is 8.42. The van der Waals surface area contributed by atoms with Crippen LogP contribution in [0.25, 0.3) is 0 Å². The molecule has 2 nitrogen and oxygen atoms in total. The van der Waals surface area contributed by atoms with Crippen molar-refractivity contribution < 1.29 is 13.9 Å². The van der Waals surface area contributed by atoms with Crippen LogP contribution in [-0.2, 0) is 16.0 Å². The number of rotatable bonds is 3. The lowest BCUT2D eigenvalue weighted by atomic mass is 10.1. The van der Waals surface area contributed by atoms with Crippen LogP contribution >= 0.6 is 0 Å². The second-order valence-corrected chi connectivity index (χ2v) is 3.03. The van der Waals surface area contributed by atoms with Crippen LogP contribution in [-0.4, -0.2) is 13.1 Å². The van der Waals surface area contributed by atoms with Crippen LogP contribution in [0.2, 0.25) is 0 Å². The Hall–Kier alpha value is -1.82. The number of aryl methyl sites for hydroxylation is 1. The summed E-state index contributed by atoms with van der Waals surface area (Å²) in [5.41, 5.74) is 0.966. The van der Waals surface area contributed by atoms with Crippen LogP contribution in [0, 0.1) is 18.2 Å². The van der Waals surface area contributed by atoms with Gasteiger partial charge in [0.15, 0.2) is 0 Å². The normalized spacial score (nSPS) is 9.40. The topological polar surface area (TPSA) is 26.3 Å². The fourth-order valence-electron chi connectivity index (χ4n) is 1.18. The fourth-order valence-corrected chi connectivity index (χ4v) is 1.18. The lowest BCUT2D eigenvalue weighted by molar-refractivity contribution is -0.140. The zero-order valence-electron chi connectivity index (χ0n) is 8.42. The molecule has 0 unspecified atom stereocenters. The third kappa shape index (κ3) is 3.10. The Morgan fingerprint density at radius 3 is 2.87 bits per heavy atom. The highest BCUT2D eigenvalue weighted by Crippen LogP contribution is 2.12. The van der Waals surface area contributed by atoms with Gasteiger partial charge in [0.25, 0.3) is 0 Å². The SMILES string of the molecule is C#Cc1ccc(CCC(=O)OC)c(F)c1. The van der Waals surface area contributed by atoms with E-state index in [1.807, 2.05) is 0 Å². The average Bonchev–Trinajstić information content (AvgIpc) is 2.26. The number of methoxy groups -OCH3 is 1. The van der Waals surface area contributed by atoms with E-state index in [0.717, 1.165) is 0 Å². The Bertz CT molecular complexity index is 405. The molecule has 0 saturated heterocycles. The van der Waals surface area contributed by atoms with Crippen molar-refractivity contribution in [2.24, 2.45) is 0 Å². The fraction of sp³-hybridized carbons (Fsp3) is 0.250. The first-order valence-corrected chi connectivity index (χ1v) is 4.49. The van der Waals surface area contributed by atoms with E-state index < -0.39 is 0 Å². The highest BCUT2D eigenvalue weighted by atomic mass is 19.1. The van der Waals surface area contributed by atoms with Gasteiger partial charge in [-0.25, -0.2) is 4.39 Å². The van der Waals surface area contributed by atoms with Crippen LogP contribution in [0.1, 0.15) is 17.5 Å². The summed E-state index contributed by atoms with van der Waals surface area (Å²) in [7, 11) is 1.31. The first-order chi connectivity index (χ1) is 7.17. The number of ether oxygens (including phenoxy) is 1. The Kier molecular flexibility index (Phi) is 3.87. The monoisotopic (exact) mass is 206 g/mol. The van der Waals surface area contributed by atoms with Crippen molar-refractivity contribution in [2.45, 2.75) is 12.8 Å². The minimum atomic E-state index is -0.380. The summed E-state index contributed by atoms with van der Waals surface area (Å²) < 4.78 is 17.8. The summed E-state index contributed by atoms with van der Waals surface area (Å²) in [6, 6.07) is 4.52. The second kappa shape index (κ2) is 5.16. The predicted molar refractivity (Wildman–Crippen MR) is 54.7 cm³/mol. The Balaban J connectivity index is 2.71. The number of esters is 1. The number of terminal acetylenes is 1. The van der Waals surface area contributed by atoms with Crippen LogP contribution in [0.15, 0.2) is 18.2 Å². The first kappa shape index (κ1) is 11.3. The summed E-state index contributed by atoms with van der Waals surface area (Å²) in [6.45, 7) is 0. The summed E-state index contributed by atoms with van der Waals surface area (Å²) >= 11 is 0. The summed E-state index contributed by atoms with van der Waals surface area (Å²) in [5.74, 6) is 1.61. The lowest BCUT2D eigenvalue weighted by Crippen LogP contribution is -2.03. The molecule has 1 aromatic rings. The van der Waals surface area contributed by atoms with Crippen LogP contribution in [0.3, 0.4) is 0 Å². The molecule has 0 saturated carbocycles. The maximum absolute atomic E-state index is 13.3. The van der Waals surface area contributed by atoms with Crippen molar-refractivity contribution in [1.82, 2.24) is 0 Å². The molecule has 0 aliphatic carbocycles. The highest BCUT2D eigenvalue weighted by Gasteiger charge is 2.06. The maximum Gasteiger partial charge on any atom is 0.305 e. The molecule has 0 radical (unpaired) electrons. The Morgan fingerprint density at radius 1 is 1.60 bits per heavy atom. The number of carbonyl (C=O) groups excluding carboxylic acids is 1. The van der Waals surface area contributed by atoms with Gasteiger partial charge in [0.1, 0.15) is 5.82 Å². The number of hydrogen-bond donors (Lipinski definition) is 0. The quantitative estimate of drug-likeness (QED) is 0.557. The van der Waals surface area contributed by atoms with Gasteiger partial charge in [0.2, 0.25) is 0 Å². The van der Waals surface area contributed by atoms with Crippen LogP contribution < -0.4 is 0 Å². The molecule has 0 fully saturated rings. The molecule has 3 heteroatoms. The van der Waals surface area contributed by atoms with Crippen molar-refractivity contribution in [2.75, 3.05) is 7.11 Å². The molecule has 1 aromatic carbocycles. The standard InChI is InChI=1S/C12H11FO2/c1-3-9-4-5-10(11(13)8-9)6-7-12(14)15-2/h1,4-5,8H,6-7H2,2H3. The predicted octanol–water partition coefficient (Wildman–Crippen LogP) is 1.91. The minimum Gasteiger partial charge on any atom is -0.469 e. The van der Waals surface area contributed by atoms with Gasteiger partial charge in [0.05, 0.1) is 7.11 Å². The number of hydrogen-bond acceptors (Lipinski definition) is 2. The molecule has 0 aliphatic heterocycles. The molecular weight excluding hydrogens is 195 g/mol. The number of halogens is 1. The summed E-state index contributed by atoms with van der Waals surface area (Å²) in [4.78, 5) is 10.8. The van der Waals surface area contributed by atoms with E-state index in [-0.39, 0.29) is 18.2 Å². The van der Waals surface area contributed by atoms with E-state index in [0.29, 0.717) is 17.5 Å². The van der Waals surface area contributed by atoms with E-state index >= 15 is 0 Å². The molecule has 0 N–H and O–H groups in total. The molecule has 1 rings (SSSR count). The van der Waals surface area contributed by atoms with Gasteiger partial charge >= 0.3 is 5.97 Å². The van der Waals surface area contributed by atoms with Gasteiger partial charge < -0.3 is 4.74 Å². The Morgan fingerprint density at radius 2 is 2.33 bits per heavy atom. The van der Waals surface area contributed by atoms with Crippen molar-refractivity contribution >= 4 is 5.97 Å². The van der Waals surface area contributed by atoms with Crippen molar-refractivity contribution in [3.63, 3.8) is 0 Å².